The Morgan fingerprint density at radius 3 is 2.44 bits per heavy atom. The molecule has 2 unspecified atom stereocenters. The van der Waals surface area contributed by atoms with Crippen molar-refractivity contribution in [2.24, 2.45) is 5.92 Å². The van der Waals surface area contributed by atoms with Crippen LogP contribution < -0.4 is 5.32 Å². The smallest absolute Gasteiger partial charge is 0.221 e. The lowest BCUT2D eigenvalue weighted by Crippen LogP contribution is -2.06. The Morgan fingerprint density at radius 2 is 1.94 bits per heavy atom. The quantitative estimate of drug-likeness (QED) is 0.806. The zero-order chi connectivity index (χ0) is 11.5. The number of rotatable bonds is 2. The van der Waals surface area contributed by atoms with Crippen LogP contribution in [0.1, 0.15) is 44.6 Å². The van der Waals surface area contributed by atoms with E-state index in [-0.39, 0.29) is 5.91 Å². The third-order valence-corrected chi connectivity index (χ3v) is 3.52. The van der Waals surface area contributed by atoms with Gasteiger partial charge in [-0.1, -0.05) is 31.9 Å². The van der Waals surface area contributed by atoms with Crippen molar-refractivity contribution in [1.82, 2.24) is 0 Å². The molecule has 0 aromatic heterocycles. The third-order valence-electron chi connectivity index (χ3n) is 3.52. The van der Waals surface area contributed by atoms with Gasteiger partial charge in [0.1, 0.15) is 0 Å². The Balaban J connectivity index is 2.09. The van der Waals surface area contributed by atoms with E-state index in [4.69, 9.17) is 0 Å². The third kappa shape index (κ3) is 2.43. The number of anilines is 1. The number of carbonyl (C=O) groups excluding carboxylic acids is 1. The number of nitrogens with one attached hydrogen (secondary N) is 1. The molecule has 2 rings (SSSR count). The first-order valence-corrected chi connectivity index (χ1v) is 6.04. The lowest BCUT2D eigenvalue weighted by atomic mass is 9.90. The summed E-state index contributed by atoms with van der Waals surface area (Å²) in [6.45, 7) is 3.87. The molecule has 0 spiro atoms. The van der Waals surface area contributed by atoms with Crippen LogP contribution in [0, 0.1) is 5.92 Å². The highest BCUT2D eigenvalue weighted by atomic mass is 16.1. The maximum absolute atomic E-state index is 10.9. The molecule has 2 atom stereocenters. The molecule has 1 saturated carbocycles. The first kappa shape index (κ1) is 11.2. The van der Waals surface area contributed by atoms with Crippen molar-refractivity contribution in [3.63, 3.8) is 0 Å². The zero-order valence-electron chi connectivity index (χ0n) is 9.99. The van der Waals surface area contributed by atoms with Crippen molar-refractivity contribution in [3.05, 3.63) is 29.8 Å². The predicted molar refractivity (Wildman–Crippen MR) is 66.5 cm³/mol. The molecule has 2 nitrogen and oxygen atoms in total. The number of amides is 1. The van der Waals surface area contributed by atoms with Crippen LogP contribution in [0.3, 0.4) is 0 Å². The minimum absolute atomic E-state index is 0.0121. The van der Waals surface area contributed by atoms with E-state index in [1.54, 1.807) is 0 Å². The molecule has 16 heavy (non-hydrogen) atoms. The first-order valence-electron chi connectivity index (χ1n) is 6.04. The molecular formula is C14H19NO. The number of hydrogen-bond donors (Lipinski definition) is 1. The van der Waals surface area contributed by atoms with Crippen LogP contribution in [-0.4, -0.2) is 5.91 Å². The van der Waals surface area contributed by atoms with E-state index in [1.807, 2.05) is 12.1 Å². The van der Waals surface area contributed by atoms with Gasteiger partial charge in [0.05, 0.1) is 0 Å². The van der Waals surface area contributed by atoms with E-state index in [2.05, 4.69) is 24.4 Å². The van der Waals surface area contributed by atoms with Gasteiger partial charge in [0, 0.05) is 12.6 Å². The molecule has 1 aliphatic rings. The highest BCUT2D eigenvalue weighted by Crippen LogP contribution is 2.39. The van der Waals surface area contributed by atoms with E-state index in [0.29, 0.717) is 5.92 Å². The summed E-state index contributed by atoms with van der Waals surface area (Å²) in [7, 11) is 0. The standard InChI is InChI=1S/C14H19NO/c1-10-4-3-5-14(10)12-6-8-13(9-7-12)15-11(2)16/h6-10,14H,3-5H2,1-2H3,(H,15,16). The minimum atomic E-state index is -0.0121. The molecule has 0 saturated heterocycles. The maximum Gasteiger partial charge on any atom is 0.221 e. The van der Waals surface area contributed by atoms with Crippen molar-refractivity contribution < 1.29 is 4.79 Å². The molecule has 1 fully saturated rings. The van der Waals surface area contributed by atoms with Crippen LogP contribution in [0.4, 0.5) is 5.69 Å². The second-order valence-corrected chi connectivity index (χ2v) is 4.82. The average molecular weight is 217 g/mol. The molecule has 2 heteroatoms. The molecule has 0 radical (unpaired) electrons. The maximum atomic E-state index is 10.9. The summed E-state index contributed by atoms with van der Waals surface area (Å²) in [5.74, 6) is 1.50. The van der Waals surface area contributed by atoms with Crippen LogP contribution in [0.25, 0.3) is 0 Å². The van der Waals surface area contributed by atoms with Crippen LogP contribution in [0.5, 0.6) is 0 Å². The SMILES string of the molecule is CC(=O)Nc1ccc(C2CCCC2C)cc1. The van der Waals surface area contributed by atoms with Crippen molar-refractivity contribution >= 4 is 11.6 Å². The molecule has 1 N–H and O–H groups in total. The molecule has 86 valence electrons. The van der Waals surface area contributed by atoms with Gasteiger partial charge in [-0.25, -0.2) is 0 Å². The second-order valence-electron chi connectivity index (χ2n) is 4.82. The van der Waals surface area contributed by atoms with E-state index in [1.165, 1.54) is 31.7 Å². The number of hydrogen-bond acceptors (Lipinski definition) is 1. The molecule has 0 aliphatic heterocycles. The Morgan fingerprint density at radius 1 is 1.25 bits per heavy atom. The van der Waals surface area contributed by atoms with Crippen molar-refractivity contribution in [1.29, 1.82) is 0 Å². The van der Waals surface area contributed by atoms with Crippen molar-refractivity contribution in [3.8, 4) is 0 Å². The molecule has 1 aliphatic carbocycles. The number of benzene rings is 1. The van der Waals surface area contributed by atoms with Crippen LogP contribution in [-0.2, 0) is 4.79 Å². The first-order chi connectivity index (χ1) is 7.66. The summed E-state index contributed by atoms with van der Waals surface area (Å²) < 4.78 is 0. The lowest BCUT2D eigenvalue weighted by Gasteiger charge is -2.16. The van der Waals surface area contributed by atoms with Gasteiger partial charge in [0.15, 0.2) is 0 Å². The van der Waals surface area contributed by atoms with Crippen LogP contribution in [0.15, 0.2) is 24.3 Å². The highest BCUT2D eigenvalue weighted by Gasteiger charge is 2.24. The summed E-state index contributed by atoms with van der Waals surface area (Å²) in [6, 6.07) is 8.30. The zero-order valence-corrected chi connectivity index (χ0v) is 9.99. The Kier molecular flexibility index (Phi) is 3.28. The van der Waals surface area contributed by atoms with Gasteiger partial charge in [-0.3, -0.25) is 4.79 Å². The molecule has 0 heterocycles. The fourth-order valence-electron chi connectivity index (χ4n) is 2.66. The Bertz CT molecular complexity index is 369. The topological polar surface area (TPSA) is 29.1 Å². The summed E-state index contributed by atoms with van der Waals surface area (Å²) in [5, 5.41) is 2.79. The fourth-order valence-corrected chi connectivity index (χ4v) is 2.66. The van der Waals surface area contributed by atoms with E-state index in [9.17, 15) is 4.79 Å². The average Bonchev–Trinajstić information content (AvgIpc) is 2.65. The summed E-state index contributed by atoms with van der Waals surface area (Å²) in [6.07, 6.45) is 4.00. The van der Waals surface area contributed by atoms with Gasteiger partial charge < -0.3 is 5.32 Å². The summed E-state index contributed by atoms with van der Waals surface area (Å²) in [4.78, 5) is 10.9. The van der Waals surface area contributed by atoms with Crippen LogP contribution >= 0.6 is 0 Å². The van der Waals surface area contributed by atoms with Crippen LogP contribution in [0.2, 0.25) is 0 Å². The highest BCUT2D eigenvalue weighted by molar-refractivity contribution is 5.88. The van der Waals surface area contributed by atoms with Crippen molar-refractivity contribution in [2.45, 2.75) is 39.0 Å². The van der Waals surface area contributed by atoms with Gasteiger partial charge in [-0.2, -0.15) is 0 Å². The fraction of sp³-hybridized carbons (Fsp3) is 0.500. The van der Waals surface area contributed by atoms with Gasteiger partial charge >= 0.3 is 0 Å². The normalized spacial score (nSPS) is 24.4. The summed E-state index contributed by atoms with van der Waals surface area (Å²) in [5.41, 5.74) is 2.31. The lowest BCUT2D eigenvalue weighted by molar-refractivity contribution is -0.114. The molecule has 1 aromatic rings. The Hall–Kier alpha value is -1.31. The molecular weight excluding hydrogens is 198 g/mol. The van der Waals surface area contributed by atoms with Gasteiger partial charge in [-0.15, -0.1) is 0 Å². The molecule has 1 aromatic carbocycles. The van der Waals surface area contributed by atoms with E-state index >= 15 is 0 Å². The number of carbonyl (C=O) groups is 1. The van der Waals surface area contributed by atoms with E-state index < -0.39 is 0 Å². The monoisotopic (exact) mass is 217 g/mol. The molecule has 1 amide bonds. The van der Waals surface area contributed by atoms with Crippen molar-refractivity contribution in [2.75, 3.05) is 5.32 Å². The molecule has 0 bridgehead atoms. The largest absolute Gasteiger partial charge is 0.326 e. The predicted octanol–water partition coefficient (Wildman–Crippen LogP) is 3.55. The second kappa shape index (κ2) is 4.69. The van der Waals surface area contributed by atoms with E-state index in [0.717, 1.165) is 11.6 Å². The Labute approximate surface area is 97.1 Å². The summed E-state index contributed by atoms with van der Waals surface area (Å²) >= 11 is 0. The minimum Gasteiger partial charge on any atom is -0.326 e. The van der Waals surface area contributed by atoms with Gasteiger partial charge in [0.25, 0.3) is 0 Å². The van der Waals surface area contributed by atoms with Gasteiger partial charge in [-0.05, 0) is 36.0 Å². The van der Waals surface area contributed by atoms with Gasteiger partial charge in [0.2, 0.25) is 5.91 Å².